The highest BCUT2D eigenvalue weighted by molar-refractivity contribution is 5.94. The van der Waals surface area contributed by atoms with Gasteiger partial charge in [-0.2, -0.15) is 4.57 Å². The van der Waals surface area contributed by atoms with Crippen LogP contribution >= 0.6 is 0 Å². The molecular weight excluding hydrogens is 202 g/mol. The number of carbonyl (C=O) groups excluding carboxylic acids is 1. The number of aromatic nitrogens is 1. The number of benzene rings is 1. The van der Waals surface area contributed by atoms with E-state index in [-0.39, 0.29) is 18.1 Å². The summed E-state index contributed by atoms with van der Waals surface area (Å²) >= 11 is 0. The number of aromatic hydroxyl groups is 1. The molecule has 0 bridgehead atoms. The highest BCUT2D eigenvalue weighted by Crippen LogP contribution is 2.02. The van der Waals surface area contributed by atoms with Crippen LogP contribution < -0.4 is 4.57 Å². The fraction of sp³-hybridized carbons (Fsp3) is 0.0769. The first-order chi connectivity index (χ1) is 7.75. The highest BCUT2D eigenvalue weighted by atomic mass is 16.3. The summed E-state index contributed by atoms with van der Waals surface area (Å²) in [5.41, 5.74) is 0.679. The van der Waals surface area contributed by atoms with Crippen LogP contribution in [0.15, 0.2) is 54.9 Å². The lowest BCUT2D eigenvalue weighted by atomic mass is 10.1. The molecule has 2 aromatic rings. The van der Waals surface area contributed by atoms with Gasteiger partial charge in [-0.15, -0.1) is 0 Å². The van der Waals surface area contributed by atoms with E-state index in [0.717, 1.165) is 0 Å². The number of pyridine rings is 1. The summed E-state index contributed by atoms with van der Waals surface area (Å²) in [7, 11) is 0. The molecule has 0 spiro atoms. The van der Waals surface area contributed by atoms with Crippen LogP contribution in [-0.2, 0) is 6.54 Å². The molecule has 80 valence electrons. The minimum atomic E-state index is 0.0243. The first-order valence-electron chi connectivity index (χ1n) is 5.02. The molecule has 0 aliphatic heterocycles. The number of hydrogen-bond acceptors (Lipinski definition) is 2. The summed E-state index contributed by atoms with van der Waals surface area (Å²) in [5, 5.41) is 9.26. The summed E-state index contributed by atoms with van der Waals surface area (Å²) in [4.78, 5) is 11.8. The van der Waals surface area contributed by atoms with Crippen LogP contribution in [0.1, 0.15) is 10.4 Å². The van der Waals surface area contributed by atoms with Crippen LogP contribution in [-0.4, -0.2) is 10.9 Å². The molecule has 1 aromatic carbocycles. The number of ketones is 1. The maximum absolute atomic E-state index is 11.8. The van der Waals surface area contributed by atoms with E-state index < -0.39 is 0 Å². The second-order valence-electron chi connectivity index (χ2n) is 3.52. The molecule has 0 aliphatic carbocycles. The Labute approximate surface area is 93.6 Å². The summed E-state index contributed by atoms with van der Waals surface area (Å²) in [6, 6.07) is 12.4. The van der Waals surface area contributed by atoms with Crippen LogP contribution in [0.4, 0.5) is 0 Å². The van der Waals surface area contributed by atoms with Crippen molar-refractivity contribution in [3.63, 3.8) is 0 Å². The number of carbonyl (C=O) groups is 1. The lowest BCUT2D eigenvalue weighted by Crippen LogP contribution is -2.36. The molecule has 1 N–H and O–H groups in total. The third kappa shape index (κ3) is 2.45. The second-order valence-corrected chi connectivity index (χ2v) is 3.52. The Morgan fingerprint density at radius 1 is 1.12 bits per heavy atom. The third-order valence-corrected chi connectivity index (χ3v) is 2.26. The predicted octanol–water partition coefficient (Wildman–Crippen LogP) is 1.56. The van der Waals surface area contributed by atoms with Gasteiger partial charge in [-0.25, -0.2) is 0 Å². The quantitative estimate of drug-likeness (QED) is 0.622. The maximum atomic E-state index is 11.8. The fourth-order valence-corrected chi connectivity index (χ4v) is 1.49. The molecule has 16 heavy (non-hydrogen) atoms. The molecule has 0 aliphatic rings. The van der Waals surface area contributed by atoms with Gasteiger partial charge in [-0.1, -0.05) is 30.3 Å². The molecule has 2 rings (SSSR count). The largest absolute Gasteiger partial charge is 0.503 e. The van der Waals surface area contributed by atoms with Gasteiger partial charge in [0.2, 0.25) is 18.5 Å². The molecule has 3 nitrogen and oxygen atoms in total. The van der Waals surface area contributed by atoms with Crippen molar-refractivity contribution < 1.29 is 14.5 Å². The van der Waals surface area contributed by atoms with E-state index in [1.807, 2.05) is 18.2 Å². The van der Waals surface area contributed by atoms with Crippen LogP contribution in [0.2, 0.25) is 0 Å². The van der Waals surface area contributed by atoms with Gasteiger partial charge in [0.15, 0.2) is 11.9 Å². The van der Waals surface area contributed by atoms with Gasteiger partial charge in [0.25, 0.3) is 0 Å². The minimum absolute atomic E-state index is 0.0243. The summed E-state index contributed by atoms with van der Waals surface area (Å²) in [6.45, 7) is 0.235. The lowest BCUT2D eigenvalue weighted by molar-refractivity contribution is -0.683. The first-order valence-corrected chi connectivity index (χ1v) is 5.02. The molecule has 1 aromatic heterocycles. The van der Waals surface area contributed by atoms with Gasteiger partial charge >= 0.3 is 0 Å². The highest BCUT2D eigenvalue weighted by Gasteiger charge is 2.11. The normalized spacial score (nSPS) is 10.0. The average Bonchev–Trinajstić information content (AvgIpc) is 2.30. The number of rotatable bonds is 3. The zero-order chi connectivity index (χ0) is 11.4. The van der Waals surface area contributed by atoms with E-state index in [1.54, 1.807) is 35.0 Å². The number of nitrogens with zero attached hydrogens (tertiary/aromatic N) is 1. The van der Waals surface area contributed by atoms with Gasteiger partial charge < -0.3 is 5.11 Å². The monoisotopic (exact) mass is 214 g/mol. The molecule has 0 unspecified atom stereocenters. The van der Waals surface area contributed by atoms with Crippen molar-refractivity contribution in [1.82, 2.24) is 0 Å². The number of Topliss-reactive ketones (excluding diaryl/α,β-unsaturated/α-hetero) is 1. The van der Waals surface area contributed by atoms with Crippen LogP contribution in [0, 0.1) is 0 Å². The molecule has 0 fully saturated rings. The summed E-state index contributed by atoms with van der Waals surface area (Å²) in [6.07, 6.45) is 3.28. The molecule has 0 saturated heterocycles. The van der Waals surface area contributed by atoms with Gasteiger partial charge in [0.1, 0.15) is 0 Å². The standard InChI is InChI=1S/C13H11NO2/c15-12-7-4-8-14(9-12)10-13(16)11-5-2-1-3-6-11/h1-9H,10H2/p+1. The Morgan fingerprint density at radius 2 is 1.88 bits per heavy atom. The molecule has 0 saturated carbocycles. The molecule has 3 heteroatoms. The lowest BCUT2D eigenvalue weighted by Gasteiger charge is -1.97. The predicted molar refractivity (Wildman–Crippen MR) is 59.1 cm³/mol. The van der Waals surface area contributed by atoms with Crippen LogP contribution in [0.25, 0.3) is 0 Å². The van der Waals surface area contributed by atoms with Crippen LogP contribution in [0.5, 0.6) is 5.75 Å². The van der Waals surface area contributed by atoms with Crippen LogP contribution in [0.3, 0.4) is 0 Å². The Kier molecular flexibility index (Phi) is 2.96. The van der Waals surface area contributed by atoms with Gasteiger partial charge in [0, 0.05) is 11.6 Å². The van der Waals surface area contributed by atoms with Gasteiger partial charge in [-0.3, -0.25) is 4.79 Å². The Morgan fingerprint density at radius 3 is 2.56 bits per heavy atom. The Balaban J connectivity index is 2.14. The van der Waals surface area contributed by atoms with Gasteiger partial charge in [-0.05, 0) is 6.07 Å². The molecule has 1 heterocycles. The maximum Gasteiger partial charge on any atom is 0.227 e. The summed E-state index contributed by atoms with van der Waals surface area (Å²) < 4.78 is 1.66. The van der Waals surface area contributed by atoms with Crippen molar-refractivity contribution in [2.75, 3.05) is 0 Å². The molecule has 0 radical (unpaired) electrons. The Hall–Kier alpha value is -2.16. The van der Waals surface area contributed by atoms with E-state index in [0.29, 0.717) is 5.56 Å². The summed E-state index contributed by atoms with van der Waals surface area (Å²) in [5.74, 6) is 0.180. The zero-order valence-electron chi connectivity index (χ0n) is 8.71. The number of hydrogen-bond donors (Lipinski definition) is 1. The van der Waals surface area contributed by atoms with Crippen molar-refractivity contribution >= 4 is 5.78 Å². The van der Waals surface area contributed by atoms with Crippen molar-refractivity contribution in [2.24, 2.45) is 0 Å². The van der Waals surface area contributed by atoms with Crippen molar-refractivity contribution in [3.05, 3.63) is 60.4 Å². The Bertz CT molecular complexity index is 494. The second kappa shape index (κ2) is 4.57. The van der Waals surface area contributed by atoms with Crippen molar-refractivity contribution in [2.45, 2.75) is 6.54 Å². The van der Waals surface area contributed by atoms with E-state index in [4.69, 9.17) is 0 Å². The topological polar surface area (TPSA) is 41.2 Å². The SMILES string of the molecule is O=C(C[n+]1cccc(O)c1)c1ccccc1. The van der Waals surface area contributed by atoms with E-state index in [2.05, 4.69) is 0 Å². The molecule has 0 amide bonds. The third-order valence-electron chi connectivity index (χ3n) is 2.26. The van der Waals surface area contributed by atoms with Gasteiger partial charge in [0.05, 0.1) is 0 Å². The smallest absolute Gasteiger partial charge is 0.227 e. The van der Waals surface area contributed by atoms with E-state index in [9.17, 15) is 9.90 Å². The molecule has 0 atom stereocenters. The van der Waals surface area contributed by atoms with Crippen molar-refractivity contribution in [1.29, 1.82) is 0 Å². The average molecular weight is 214 g/mol. The first kappa shape index (κ1) is 10.4. The minimum Gasteiger partial charge on any atom is -0.503 e. The fourth-order valence-electron chi connectivity index (χ4n) is 1.49. The van der Waals surface area contributed by atoms with E-state index >= 15 is 0 Å². The molecular formula is C13H12NO2+. The zero-order valence-corrected chi connectivity index (χ0v) is 8.71. The van der Waals surface area contributed by atoms with Crippen molar-refractivity contribution in [3.8, 4) is 5.75 Å². The van der Waals surface area contributed by atoms with E-state index in [1.165, 1.54) is 6.20 Å².